The van der Waals surface area contributed by atoms with Crippen molar-refractivity contribution >= 4 is 41.0 Å². The Morgan fingerprint density at radius 2 is 1.69 bits per heavy atom. The number of carbonyl (C=O) groups is 2. The zero-order chi connectivity index (χ0) is 27.9. The van der Waals surface area contributed by atoms with Gasteiger partial charge in [0.2, 0.25) is 0 Å². The Bertz CT molecular complexity index is 1440. The van der Waals surface area contributed by atoms with E-state index in [4.69, 9.17) is 0 Å². The van der Waals surface area contributed by atoms with Gasteiger partial charge in [-0.25, -0.2) is 0 Å². The highest BCUT2D eigenvalue weighted by Crippen LogP contribution is 2.42. The fraction of sp³-hybridized carbons (Fsp3) is 0.267. The Labute approximate surface area is 229 Å². The second kappa shape index (κ2) is 10.4. The van der Waals surface area contributed by atoms with Crippen LogP contribution < -0.4 is 9.80 Å². The van der Waals surface area contributed by atoms with Crippen LogP contribution in [0.15, 0.2) is 76.5 Å². The van der Waals surface area contributed by atoms with E-state index in [1.807, 2.05) is 11.0 Å². The third-order valence-electron chi connectivity index (χ3n) is 7.12. The lowest BCUT2D eigenvalue weighted by molar-refractivity contribution is -0.137. The lowest BCUT2D eigenvalue weighted by Crippen LogP contribution is -2.53. The SMILES string of the molecule is Cc1ccc(N2CCN(C(=O)c3ccc4c(c3)N(C)C(=O)/C(=C/c3ccc(C(F)(F)F)cc3)S4)C[C@@H]2C)cc1. The maximum atomic E-state index is 13.4. The maximum absolute atomic E-state index is 13.4. The van der Waals surface area contributed by atoms with Crippen molar-refractivity contribution in [1.29, 1.82) is 0 Å². The van der Waals surface area contributed by atoms with Gasteiger partial charge in [-0.1, -0.05) is 41.6 Å². The number of thioether (sulfide) groups is 1. The number of anilines is 2. The van der Waals surface area contributed by atoms with Gasteiger partial charge in [0.1, 0.15) is 0 Å². The summed E-state index contributed by atoms with van der Waals surface area (Å²) in [6, 6.07) is 18.6. The van der Waals surface area contributed by atoms with E-state index in [1.54, 1.807) is 25.3 Å². The molecule has 0 N–H and O–H groups in total. The standard InChI is InChI=1S/C30H28F3N3O2S/c1-19-4-11-24(12-5-19)36-15-14-35(18-20(36)2)28(37)22-8-13-26-25(17-22)34(3)29(38)27(39-26)16-21-6-9-23(10-7-21)30(31,32)33/h4-13,16-17,20H,14-15,18H2,1-3H3/b27-16-/t20-/m0/s1. The smallest absolute Gasteiger partial charge is 0.365 e. The molecule has 1 saturated heterocycles. The Hall–Kier alpha value is -3.72. The Kier molecular flexibility index (Phi) is 7.20. The van der Waals surface area contributed by atoms with Gasteiger partial charge < -0.3 is 14.7 Å². The number of hydrogen-bond donors (Lipinski definition) is 0. The molecule has 5 rings (SSSR count). The van der Waals surface area contributed by atoms with Gasteiger partial charge in [0.15, 0.2) is 0 Å². The average Bonchev–Trinajstić information content (AvgIpc) is 2.91. The molecule has 0 aliphatic carbocycles. The number of aryl methyl sites for hydroxylation is 1. The predicted octanol–water partition coefficient (Wildman–Crippen LogP) is 6.47. The van der Waals surface area contributed by atoms with Crippen LogP contribution in [0.2, 0.25) is 0 Å². The summed E-state index contributed by atoms with van der Waals surface area (Å²) in [4.78, 5) is 33.3. The molecule has 2 aliphatic heterocycles. The molecular weight excluding hydrogens is 523 g/mol. The fourth-order valence-electron chi connectivity index (χ4n) is 4.89. The number of fused-ring (bicyclic) bond motifs is 1. The van der Waals surface area contributed by atoms with E-state index in [0.29, 0.717) is 34.8 Å². The van der Waals surface area contributed by atoms with Crippen LogP contribution in [0.1, 0.15) is 34.0 Å². The lowest BCUT2D eigenvalue weighted by atomic mass is 10.1. The van der Waals surface area contributed by atoms with E-state index >= 15 is 0 Å². The van der Waals surface area contributed by atoms with Gasteiger partial charge in [-0.2, -0.15) is 13.2 Å². The van der Waals surface area contributed by atoms with Crippen molar-refractivity contribution in [1.82, 2.24) is 4.90 Å². The number of likely N-dealkylation sites (N-methyl/N-ethyl adjacent to an activating group) is 1. The summed E-state index contributed by atoms with van der Waals surface area (Å²) in [7, 11) is 1.64. The fourth-order valence-corrected chi connectivity index (χ4v) is 5.98. The highest BCUT2D eigenvalue weighted by Gasteiger charge is 2.32. The molecule has 0 spiro atoms. The Morgan fingerprint density at radius 3 is 2.33 bits per heavy atom. The zero-order valence-electron chi connectivity index (χ0n) is 21.8. The van der Waals surface area contributed by atoms with Crippen molar-refractivity contribution in [2.75, 3.05) is 36.5 Å². The summed E-state index contributed by atoms with van der Waals surface area (Å²) in [5, 5.41) is 0. The number of benzene rings is 3. The molecule has 9 heteroatoms. The van der Waals surface area contributed by atoms with E-state index in [1.165, 1.54) is 34.4 Å². The quantitative estimate of drug-likeness (QED) is 0.350. The maximum Gasteiger partial charge on any atom is 0.416 e. The van der Waals surface area contributed by atoms with Crippen molar-refractivity contribution in [2.24, 2.45) is 0 Å². The molecule has 1 atom stereocenters. The van der Waals surface area contributed by atoms with Crippen molar-refractivity contribution in [3.8, 4) is 0 Å². The van der Waals surface area contributed by atoms with Crippen LogP contribution in [-0.2, 0) is 11.0 Å². The minimum Gasteiger partial charge on any atom is -0.365 e. The summed E-state index contributed by atoms with van der Waals surface area (Å²) in [6.45, 7) is 6.08. The van der Waals surface area contributed by atoms with Crippen LogP contribution in [0.25, 0.3) is 6.08 Å². The summed E-state index contributed by atoms with van der Waals surface area (Å²) >= 11 is 1.24. The second-order valence-corrected chi connectivity index (χ2v) is 11.0. The topological polar surface area (TPSA) is 43.9 Å². The third-order valence-corrected chi connectivity index (χ3v) is 8.20. The average molecular weight is 552 g/mol. The van der Waals surface area contributed by atoms with E-state index in [-0.39, 0.29) is 17.9 Å². The molecule has 1 fully saturated rings. The summed E-state index contributed by atoms with van der Waals surface area (Å²) in [6.07, 6.45) is -2.83. The largest absolute Gasteiger partial charge is 0.416 e. The number of hydrogen-bond acceptors (Lipinski definition) is 4. The van der Waals surface area contributed by atoms with Crippen LogP contribution in [0.3, 0.4) is 0 Å². The summed E-state index contributed by atoms with van der Waals surface area (Å²) < 4.78 is 38.6. The zero-order valence-corrected chi connectivity index (χ0v) is 22.6. The van der Waals surface area contributed by atoms with Crippen LogP contribution >= 0.6 is 11.8 Å². The lowest BCUT2D eigenvalue weighted by Gasteiger charge is -2.41. The molecule has 0 bridgehead atoms. The van der Waals surface area contributed by atoms with E-state index in [0.717, 1.165) is 29.3 Å². The molecule has 0 aromatic heterocycles. The van der Waals surface area contributed by atoms with Gasteiger partial charge in [-0.05, 0) is 68.0 Å². The van der Waals surface area contributed by atoms with Crippen molar-refractivity contribution in [3.63, 3.8) is 0 Å². The molecule has 0 saturated carbocycles. The number of alkyl halides is 3. The van der Waals surface area contributed by atoms with Gasteiger partial charge >= 0.3 is 6.18 Å². The van der Waals surface area contributed by atoms with Crippen molar-refractivity contribution < 1.29 is 22.8 Å². The van der Waals surface area contributed by atoms with E-state index in [2.05, 4.69) is 43.0 Å². The van der Waals surface area contributed by atoms with E-state index in [9.17, 15) is 22.8 Å². The summed E-state index contributed by atoms with van der Waals surface area (Å²) in [5.74, 6) is -0.359. The predicted molar refractivity (Wildman–Crippen MR) is 149 cm³/mol. The number of carbonyl (C=O) groups excluding carboxylic acids is 2. The molecular formula is C30H28F3N3O2S. The minimum absolute atomic E-state index is 0.0786. The molecule has 0 radical (unpaired) electrons. The van der Waals surface area contributed by atoms with Crippen LogP contribution in [-0.4, -0.2) is 49.4 Å². The first-order chi connectivity index (χ1) is 18.5. The number of rotatable bonds is 3. The molecule has 2 aliphatic rings. The monoisotopic (exact) mass is 551 g/mol. The van der Waals surface area contributed by atoms with Crippen molar-refractivity contribution in [2.45, 2.75) is 31.0 Å². The highest BCUT2D eigenvalue weighted by molar-refractivity contribution is 8.04. The number of nitrogens with zero attached hydrogens (tertiary/aromatic N) is 3. The number of halogens is 3. The minimum atomic E-state index is -4.41. The molecule has 39 heavy (non-hydrogen) atoms. The first kappa shape index (κ1) is 26.9. The van der Waals surface area contributed by atoms with Gasteiger partial charge in [0, 0.05) is 48.9 Å². The van der Waals surface area contributed by atoms with Gasteiger partial charge in [-0.3, -0.25) is 9.59 Å². The van der Waals surface area contributed by atoms with Gasteiger partial charge in [-0.15, -0.1) is 0 Å². The second-order valence-electron chi connectivity index (χ2n) is 9.91. The molecule has 3 aromatic rings. The van der Waals surface area contributed by atoms with Gasteiger partial charge in [0.25, 0.3) is 11.8 Å². The number of amides is 2. The van der Waals surface area contributed by atoms with E-state index < -0.39 is 11.7 Å². The van der Waals surface area contributed by atoms with Crippen LogP contribution in [0.5, 0.6) is 0 Å². The molecule has 2 amide bonds. The van der Waals surface area contributed by atoms with Crippen LogP contribution in [0.4, 0.5) is 24.5 Å². The van der Waals surface area contributed by atoms with Crippen LogP contribution in [0, 0.1) is 6.92 Å². The Balaban J connectivity index is 1.31. The third kappa shape index (κ3) is 5.54. The molecule has 5 nitrogen and oxygen atoms in total. The normalized spacial score (nSPS) is 18.9. The first-order valence-electron chi connectivity index (χ1n) is 12.6. The molecule has 202 valence electrons. The molecule has 3 aromatic carbocycles. The Morgan fingerprint density at radius 1 is 1.00 bits per heavy atom. The first-order valence-corrected chi connectivity index (χ1v) is 13.4. The summed E-state index contributed by atoms with van der Waals surface area (Å²) in [5.41, 5.74) is 3.26. The molecule has 0 unspecified atom stereocenters. The highest BCUT2D eigenvalue weighted by atomic mass is 32.2. The van der Waals surface area contributed by atoms with Gasteiger partial charge in [0.05, 0.1) is 16.2 Å². The van der Waals surface area contributed by atoms with Crippen molar-refractivity contribution in [3.05, 3.63) is 93.9 Å². The number of piperazine rings is 1. The molecule has 2 heterocycles.